The molecule has 0 bridgehead atoms. The third-order valence-electron chi connectivity index (χ3n) is 4.42. The van der Waals surface area contributed by atoms with Gasteiger partial charge in [0.2, 0.25) is 0 Å². The standard InChI is InChI=1S/C17H25ClO2/c1-6-19-15-8-7-10(2)9-14(15)17(18)16-11(3)12(4)20-13(16)5/h7-9,11-13,16-17H,6H2,1-5H3. The fourth-order valence-electron chi connectivity index (χ4n) is 3.18. The van der Waals surface area contributed by atoms with Crippen LogP contribution in [0.5, 0.6) is 5.75 Å². The van der Waals surface area contributed by atoms with Crippen LogP contribution in [-0.2, 0) is 4.74 Å². The lowest BCUT2D eigenvalue weighted by Crippen LogP contribution is -2.22. The van der Waals surface area contributed by atoms with Crippen LogP contribution in [0.2, 0.25) is 0 Å². The summed E-state index contributed by atoms with van der Waals surface area (Å²) in [6, 6.07) is 6.24. The van der Waals surface area contributed by atoms with Crippen LogP contribution in [0.15, 0.2) is 18.2 Å². The van der Waals surface area contributed by atoms with Crippen molar-refractivity contribution in [3.63, 3.8) is 0 Å². The second kappa shape index (κ2) is 6.36. The monoisotopic (exact) mass is 296 g/mol. The van der Waals surface area contributed by atoms with Crippen molar-refractivity contribution in [3.8, 4) is 5.75 Å². The zero-order chi connectivity index (χ0) is 14.9. The molecule has 0 amide bonds. The van der Waals surface area contributed by atoms with E-state index in [-0.39, 0.29) is 17.6 Å². The largest absolute Gasteiger partial charge is 0.494 e. The summed E-state index contributed by atoms with van der Waals surface area (Å²) in [4.78, 5) is 0. The van der Waals surface area contributed by atoms with Crippen LogP contribution >= 0.6 is 11.6 Å². The minimum atomic E-state index is -0.0774. The molecule has 0 aliphatic carbocycles. The van der Waals surface area contributed by atoms with Crippen molar-refractivity contribution in [1.29, 1.82) is 0 Å². The molecule has 112 valence electrons. The van der Waals surface area contributed by atoms with Crippen LogP contribution in [0, 0.1) is 18.8 Å². The van der Waals surface area contributed by atoms with E-state index in [1.54, 1.807) is 0 Å². The molecule has 0 N–H and O–H groups in total. The van der Waals surface area contributed by atoms with Crippen LogP contribution in [0.3, 0.4) is 0 Å². The zero-order valence-corrected chi connectivity index (χ0v) is 13.8. The average Bonchev–Trinajstić information content (AvgIpc) is 2.65. The van der Waals surface area contributed by atoms with Gasteiger partial charge in [0.25, 0.3) is 0 Å². The van der Waals surface area contributed by atoms with Gasteiger partial charge >= 0.3 is 0 Å². The van der Waals surface area contributed by atoms with Gasteiger partial charge in [-0.1, -0.05) is 24.6 Å². The summed E-state index contributed by atoms with van der Waals surface area (Å²) < 4.78 is 11.7. The molecular formula is C17H25ClO2. The maximum Gasteiger partial charge on any atom is 0.123 e. The first-order valence-corrected chi connectivity index (χ1v) is 7.92. The molecule has 1 saturated heterocycles. The molecule has 5 atom stereocenters. The van der Waals surface area contributed by atoms with Gasteiger partial charge in [0.05, 0.1) is 24.2 Å². The van der Waals surface area contributed by atoms with E-state index < -0.39 is 0 Å². The van der Waals surface area contributed by atoms with E-state index in [4.69, 9.17) is 21.1 Å². The van der Waals surface area contributed by atoms with Gasteiger partial charge in [-0.15, -0.1) is 11.6 Å². The lowest BCUT2D eigenvalue weighted by molar-refractivity contribution is 0.0507. The van der Waals surface area contributed by atoms with Gasteiger partial charge in [0.1, 0.15) is 5.75 Å². The third-order valence-corrected chi connectivity index (χ3v) is 4.95. The van der Waals surface area contributed by atoms with Gasteiger partial charge in [0.15, 0.2) is 0 Å². The maximum atomic E-state index is 6.82. The fraction of sp³-hybridized carbons (Fsp3) is 0.647. The lowest BCUT2D eigenvalue weighted by Gasteiger charge is -2.26. The highest BCUT2D eigenvalue weighted by Gasteiger charge is 2.42. The predicted octanol–water partition coefficient (Wildman–Crippen LogP) is 4.73. The molecule has 1 aromatic carbocycles. The van der Waals surface area contributed by atoms with Gasteiger partial charge < -0.3 is 9.47 Å². The number of benzene rings is 1. The Bertz CT molecular complexity index is 460. The summed E-state index contributed by atoms with van der Waals surface area (Å²) >= 11 is 6.82. The molecule has 1 aliphatic heterocycles. The number of hydrogen-bond acceptors (Lipinski definition) is 2. The number of aryl methyl sites for hydroxylation is 1. The van der Waals surface area contributed by atoms with Crippen molar-refractivity contribution >= 4 is 11.6 Å². The summed E-state index contributed by atoms with van der Waals surface area (Å²) in [6.07, 6.45) is 0.439. The zero-order valence-electron chi connectivity index (χ0n) is 13.0. The van der Waals surface area contributed by atoms with Crippen molar-refractivity contribution in [1.82, 2.24) is 0 Å². The van der Waals surface area contributed by atoms with Crippen molar-refractivity contribution in [2.24, 2.45) is 11.8 Å². The number of alkyl halides is 1. The highest BCUT2D eigenvalue weighted by molar-refractivity contribution is 6.21. The number of ether oxygens (including phenoxy) is 2. The molecule has 3 heteroatoms. The Morgan fingerprint density at radius 1 is 1.25 bits per heavy atom. The molecular weight excluding hydrogens is 272 g/mol. The second-order valence-electron chi connectivity index (χ2n) is 5.86. The Labute approximate surface area is 127 Å². The molecule has 5 unspecified atom stereocenters. The first-order valence-electron chi connectivity index (χ1n) is 7.48. The topological polar surface area (TPSA) is 18.5 Å². The third kappa shape index (κ3) is 2.96. The summed E-state index contributed by atoms with van der Waals surface area (Å²) in [5, 5.41) is -0.0774. The van der Waals surface area contributed by atoms with Gasteiger partial charge in [-0.2, -0.15) is 0 Å². The SMILES string of the molecule is CCOc1ccc(C)cc1C(Cl)C1C(C)OC(C)C1C. The van der Waals surface area contributed by atoms with Crippen molar-refractivity contribution in [2.75, 3.05) is 6.61 Å². The van der Waals surface area contributed by atoms with E-state index in [1.165, 1.54) is 5.56 Å². The van der Waals surface area contributed by atoms with Crippen LogP contribution in [-0.4, -0.2) is 18.8 Å². The fourth-order valence-corrected chi connectivity index (χ4v) is 3.78. The molecule has 0 aromatic heterocycles. The van der Waals surface area contributed by atoms with Crippen molar-refractivity contribution < 1.29 is 9.47 Å². The van der Waals surface area contributed by atoms with Gasteiger partial charge in [-0.25, -0.2) is 0 Å². The number of hydrogen-bond donors (Lipinski definition) is 0. The summed E-state index contributed by atoms with van der Waals surface area (Å²) in [7, 11) is 0. The van der Waals surface area contributed by atoms with E-state index in [2.05, 4.69) is 39.8 Å². The van der Waals surface area contributed by atoms with Crippen LogP contribution < -0.4 is 4.74 Å². The molecule has 2 rings (SSSR count). The molecule has 0 radical (unpaired) electrons. The molecule has 20 heavy (non-hydrogen) atoms. The first-order chi connectivity index (χ1) is 9.45. The van der Waals surface area contributed by atoms with Crippen molar-refractivity contribution in [3.05, 3.63) is 29.3 Å². The second-order valence-corrected chi connectivity index (χ2v) is 6.33. The molecule has 1 fully saturated rings. The summed E-state index contributed by atoms with van der Waals surface area (Å²) in [5.41, 5.74) is 2.30. The van der Waals surface area contributed by atoms with Crippen LogP contribution in [0.1, 0.15) is 44.2 Å². The predicted molar refractivity (Wildman–Crippen MR) is 83.6 cm³/mol. The highest BCUT2D eigenvalue weighted by Crippen LogP contribution is 2.46. The van der Waals surface area contributed by atoms with Crippen molar-refractivity contribution in [2.45, 2.75) is 52.2 Å². The Morgan fingerprint density at radius 3 is 2.50 bits per heavy atom. The van der Waals surface area contributed by atoms with Gasteiger partial charge in [0, 0.05) is 11.5 Å². The van der Waals surface area contributed by atoms with Gasteiger partial charge in [-0.3, -0.25) is 0 Å². The lowest BCUT2D eigenvalue weighted by atomic mass is 9.83. The Hall–Kier alpha value is -0.730. The molecule has 1 aliphatic rings. The quantitative estimate of drug-likeness (QED) is 0.748. The van der Waals surface area contributed by atoms with E-state index >= 15 is 0 Å². The Balaban J connectivity index is 2.32. The van der Waals surface area contributed by atoms with Crippen LogP contribution in [0.25, 0.3) is 0 Å². The highest BCUT2D eigenvalue weighted by atomic mass is 35.5. The first kappa shape index (κ1) is 15.7. The Morgan fingerprint density at radius 2 is 1.95 bits per heavy atom. The molecule has 0 spiro atoms. The maximum absolute atomic E-state index is 6.82. The van der Waals surface area contributed by atoms with E-state index in [0.717, 1.165) is 11.3 Å². The van der Waals surface area contributed by atoms with E-state index in [9.17, 15) is 0 Å². The summed E-state index contributed by atoms with van der Waals surface area (Å²) in [5.74, 6) is 1.66. The summed E-state index contributed by atoms with van der Waals surface area (Å²) in [6.45, 7) is 11.2. The molecule has 0 saturated carbocycles. The van der Waals surface area contributed by atoms with E-state index in [1.807, 2.05) is 13.0 Å². The average molecular weight is 297 g/mol. The number of rotatable bonds is 4. The minimum absolute atomic E-state index is 0.0774. The van der Waals surface area contributed by atoms with E-state index in [0.29, 0.717) is 18.4 Å². The van der Waals surface area contributed by atoms with Gasteiger partial charge in [-0.05, 0) is 39.7 Å². The Kier molecular flexibility index (Phi) is 4.98. The molecule has 1 aromatic rings. The van der Waals surface area contributed by atoms with Crippen LogP contribution in [0.4, 0.5) is 0 Å². The number of halogens is 1. The molecule has 2 nitrogen and oxygen atoms in total. The minimum Gasteiger partial charge on any atom is -0.494 e. The normalized spacial score (nSPS) is 31.3. The smallest absolute Gasteiger partial charge is 0.123 e. The molecule has 1 heterocycles.